The second kappa shape index (κ2) is 6.28. The van der Waals surface area contributed by atoms with E-state index >= 15 is 0 Å². The molecule has 0 heterocycles. The van der Waals surface area contributed by atoms with Crippen LogP contribution >= 0.6 is 0 Å². The van der Waals surface area contributed by atoms with E-state index in [0.717, 1.165) is 5.56 Å². The van der Waals surface area contributed by atoms with Crippen LogP contribution < -0.4 is 10.6 Å². The minimum Gasteiger partial charge on any atom is -0.508 e. The number of benzene rings is 2. The third kappa shape index (κ3) is 3.52. The maximum atomic E-state index is 12.2. The molecule has 1 amide bonds. The molecule has 110 valence electrons. The molecule has 0 aromatic heterocycles. The number of hydrogen-bond donors (Lipinski definition) is 4. The number of nitrogens with one attached hydrogen (secondary N) is 2. The zero-order valence-electron chi connectivity index (χ0n) is 11.9. The molecule has 0 radical (unpaired) electrons. The smallest absolute Gasteiger partial charge is 0.255 e. The van der Waals surface area contributed by atoms with Crippen molar-refractivity contribution in [2.45, 2.75) is 13.0 Å². The number of carbonyl (C=O) groups excluding carboxylic acids is 1. The van der Waals surface area contributed by atoms with Crippen molar-refractivity contribution < 1.29 is 15.0 Å². The molecule has 2 rings (SSSR count). The number of rotatable bonds is 4. The fourth-order valence-corrected chi connectivity index (χ4v) is 2.06. The first kappa shape index (κ1) is 14.9. The van der Waals surface area contributed by atoms with Gasteiger partial charge in [0.05, 0.1) is 0 Å². The molecular weight excluding hydrogens is 268 g/mol. The molecule has 1 unspecified atom stereocenters. The highest BCUT2D eigenvalue weighted by molar-refractivity contribution is 6.05. The first-order valence-corrected chi connectivity index (χ1v) is 6.62. The van der Waals surface area contributed by atoms with Crippen molar-refractivity contribution in [3.8, 4) is 11.5 Å². The van der Waals surface area contributed by atoms with Gasteiger partial charge in [0, 0.05) is 23.4 Å². The molecular formula is C16H18N2O3. The Morgan fingerprint density at radius 3 is 2.33 bits per heavy atom. The van der Waals surface area contributed by atoms with Crippen molar-refractivity contribution in [2.75, 3.05) is 12.4 Å². The first-order valence-electron chi connectivity index (χ1n) is 6.62. The normalized spacial score (nSPS) is 11.9. The van der Waals surface area contributed by atoms with Gasteiger partial charge in [-0.25, -0.2) is 0 Å². The van der Waals surface area contributed by atoms with Crippen LogP contribution in [0.3, 0.4) is 0 Å². The van der Waals surface area contributed by atoms with Gasteiger partial charge in [-0.1, -0.05) is 18.2 Å². The van der Waals surface area contributed by atoms with Gasteiger partial charge in [-0.05, 0) is 37.7 Å². The van der Waals surface area contributed by atoms with Crippen molar-refractivity contribution in [1.82, 2.24) is 5.32 Å². The zero-order chi connectivity index (χ0) is 15.4. The number of hydrogen-bond acceptors (Lipinski definition) is 4. The number of carbonyl (C=O) groups is 1. The van der Waals surface area contributed by atoms with Crippen molar-refractivity contribution in [3.05, 3.63) is 53.6 Å². The summed E-state index contributed by atoms with van der Waals surface area (Å²) in [6.07, 6.45) is 0. The summed E-state index contributed by atoms with van der Waals surface area (Å²) in [5.74, 6) is -0.703. The standard InChI is InChI=1S/C16H18N2O3/c1-10(17-2)14-5-3-4-6-15(14)18-16(21)11-7-12(19)9-13(20)8-11/h3-10,17,19-20H,1-2H3,(H,18,21). The van der Waals surface area contributed by atoms with Crippen LogP contribution in [0.25, 0.3) is 0 Å². The van der Waals surface area contributed by atoms with Gasteiger partial charge in [-0.2, -0.15) is 0 Å². The Morgan fingerprint density at radius 2 is 1.71 bits per heavy atom. The highest BCUT2D eigenvalue weighted by atomic mass is 16.3. The van der Waals surface area contributed by atoms with E-state index in [0.29, 0.717) is 5.69 Å². The molecule has 1 atom stereocenters. The summed E-state index contributed by atoms with van der Waals surface area (Å²) in [7, 11) is 1.84. The van der Waals surface area contributed by atoms with Crippen LogP contribution in [0, 0.1) is 0 Å². The highest BCUT2D eigenvalue weighted by Crippen LogP contribution is 2.25. The number of para-hydroxylation sites is 1. The number of aromatic hydroxyl groups is 2. The Balaban J connectivity index is 2.27. The molecule has 2 aromatic carbocycles. The third-order valence-corrected chi connectivity index (χ3v) is 3.27. The van der Waals surface area contributed by atoms with Gasteiger partial charge in [-0.3, -0.25) is 4.79 Å². The summed E-state index contributed by atoms with van der Waals surface area (Å²) in [4.78, 5) is 12.2. The van der Waals surface area contributed by atoms with Gasteiger partial charge in [0.25, 0.3) is 5.91 Å². The topological polar surface area (TPSA) is 81.6 Å². The maximum Gasteiger partial charge on any atom is 0.255 e. The average Bonchev–Trinajstić information content (AvgIpc) is 2.46. The van der Waals surface area contributed by atoms with E-state index in [4.69, 9.17) is 0 Å². The van der Waals surface area contributed by atoms with E-state index in [-0.39, 0.29) is 23.1 Å². The third-order valence-electron chi connectivity index (χ3n) is 3.27. The van der Waals surface area contributed by atoms with E-state index in [1.165, 1.54) is 18.2 Å². The maximum absolute atomic E-state index is 12.2. The largest absolute Gasteiger partial charge is 0.508 e. The lowest BCUT2D eigenvalue weighted by molar-refractivity contribution is 0.102. The quantitative estimate of drug-likeness (QED) is 0.696. The van der Waals surface area contributed by atoms with Crippen LogP contribution in [0.15, 0.2) is 42.5 Å². The lowest BCUT2D eigenvalue weighted by atomic mass is 10.1. The summed E-state index contributed by atoms with van der Waals surface area (Å²) >= 11 is 0. The second-order valence-corrected chi connectivity index (χ2v) is 4.79. The molecule has 0 fully saturated rings. The van der Waals surface area contributed by atoms with E-state index in [1.54, 1.807) is 0 Å². The van der Waals surface area contributed by atoms with Crippen molar-refractivity contribution in [2.24, 2.45) is 0 Å². The molecule has 0 saturated carbocycles. The van der Waals surface area contributed by atoms with Gasteiger partial charge in [-0.15, -0.1) is 0 Å². The predicted octanol–water partition coefficient (Wildman–Crippen LogP) is 2.63. The first-order chi connectivity index (χ1) is 10.0. The second-order valence-electron chi connectivity index (χ2n) is 4.79. The predicted molar refractivity (Wildman–Crippen MR) is 81.6 cm³/mol. The number of anilines is 1. The lowest BCUT2D eigenvalue weighted by Gasteiger charge is -2.16. The Labute approximate surface area is 123 Å². The van der Waals surface area contributed by atoms with Crippen molar-refractivity contribution in [1.29, 1.82) is 0 Å². The average molecular weight is 286 g/mol. The van der Waals surface area contributed by atoms with Crippen LogP contribution in [0.4, 0.5) is 5.69 Å². The summed E-state index contributed by atoms with van der Waals surface area (Å²) < 4.78 is 0. The van der Waals surface area contributed by atoms with Gasteiger partial charge in [0.1, 0.15) is 11.5 Å². The monoisotopic (exact) mass is 286 g/mol. The van der Waals surface area contributed by atoms with E-state index < -0.39 is 5.91 Å². The van der Waals surface area contributed by atoms with Crippen LogP contribution in [0.2, 0.25) is 0 Å². The zero-order valence-corrected chi connectivity index (χ0v) is 11.9. The van der Waals surface area contributed by atoms with Crippen molar-refractivity contribution >= 4 is 11.6 Å². The summed E-state index contributed by atoms with van der Waals surface area (Å²) in [6.45, 7) is 1.99. The van der Waals surface area contributed by atoms with Gasteiger partial charge in [0.15, 0.2) is 0 Å². The Morgan fingerprint density at radius 1 is 1.10 bits per heavy atom. The molecule has 5 nitrogen and oxygen atoms in total. The minimum absolute atomic E-state index is 0.0825. The molecule has 0 aliphatic heterocycles. The van der Waals surface area contributed by atoms with E-state index in [2.05, 4.69) is 10.6 Å². The molecule has 0 aliphatic carbocycles. The van der Waals surface area contributed by atoms with Gasteiger partial charge in [0.2, 0.25) is 0 Å². The van der Waals surface area contributed by atoms with Crippen LogP contribution in [0.5, 0.6) is 11.5 Å². The van der Waals surface area contributed by atoms with E-state index in [1.807, 2.05) is 38.2 Å². The molecule has 0 aliphatic rings. The summed E-state index contributed by atoms with van der Waals surface area (Å²) in [5, 5.41) is 24.8. The number of phenols is 2. The van der Waals surface area contributed by atoms with Crippen LogP contribution in [-0.4, -0.2) is 23.2 Å². The Bertz CT molecular complexity index is 635. The Kier molecular flexibility index (Phi) is 4.45. The number of phenolic OH excluding ortho intramolecular Hbond substituents is 2. The molecule has 4 N–H and O–H groups in total. The minimum atomic E-state index is -0.392. The molecule has 0 bridgehead atoms. The molecule has 0 spiro atoms. The van der Waals surface area contributed by atoms with Gasteiger partial charge < -0.3 is 20.8 Å². The molecule has 0 saturated heterocycles. The van der Waals surface area contributed by atoms with Crippen LogP contribution in [-0.2, 0) is 0 Å². The van der Waals surface area contributed by atoms with Crippen molar-refractivity contribution in [3.63, 3.8) is 0 Å². The summed E-state index contributed by atoms with van der Waals surface area (Å²) in [6, 6.07) is 11.3. The SMILES string of the molecule is CNC(C)c1ccccc1NC(=O)c1cc(O)cc(O)c1. The molecule has 2 aromatic rings. The van der Waals surface area contributed by atoms with Gasteiger partial charge >= 0.3 is 0 Å². The molecule has 5 heteroatoms. The fraction of sp³-hybridized carbons (Fsp3) is 0.188. The lowest BCUT2D eigenvalue weighted by Crippen LogP contribution is -2.18. The number of amides is 1. The summed E-state index contributed by atoms with van der Waals surface area (Å²) in [5.41, 5.74) is 1.84. The fourth-order valence-electron chi connectivity index (χ4n) is 2.06. The van der Waals surface area contributed by atoms with E-state index in [9.17, 15) is 15.0 Å². The Hall–Kier alpha value is -2.53. The molecule has 21 heavy (non-hydrogen) atoms. The van der Waals surface area contributed by atoms with Crippen LogP contribution in [0.1, 0.15) is 28.9 Å². The highest BCUT2D eigenvalue weighted by Gasteiger charge is 2.13.